The standard InChI is InChI=1S/C10H10OS2/c1-7-3-5-12-9(7)10-8(11-2)4-6-13-10/h3-6H,1-2H3. The molecule has 0 spiro atoms. The maximum Gasteiger partial charge on any atom is 0.138 e. The second-order valence-electron chi connectivity index (χ2n) is 2.75. The molecule has 0 aromatic carbocycles. The van der Waals surface area contributed by atoms with E-state index in [2.05, 4.69) is 23.8 Å². The van der Waals surface area contributed by atoms with Crippen LogP contribution in [0.5, 0.6) is 5.75 Å². The Hall–Kier alpha value is -0.800. The highest BCUT2D eigenvalue weighted by Gasteiger charge is 2.10. The number of rotatable bonds is 2. The van der Waals surface area contributed by atoms with Crippen molar-refractivity contribution < 1.29 is 4.74 Å². The molecule has 2 heterocycles. The van der Waals surface area contributed by atoms with E-state index in [0.29, 0.717) is 0 Å². The van der Waals surface area contributed by atoms with Crippen LogP contribution in [0.4, 0.5) is 0 Å². The largest absolute Gasteiger partial charge is 0.495 e. The Labute approximate surface area is 85.6 Å². The molecule has 0 aliphatic carbocycles. The van der Waals surface area contributed by atoms with Crippen molar-refractivity contribution in [1.29, 1.82) is 0 Å². The van der Waals surface area contributed by atoms with Crippen molar-refractivity contribution >= 4 is 22.7 Å². The molecule has 0 fully saturated rings. The molecule has 0 amide bonds. The summed E-state index contributed by atoms with van der Waals surface area (Å²) in [6.07, 6.45) is 0. The Balaban J connectivity index is 2.52. The van der Waals surface area contributed by atoms with Crippen molar-refractivity contribution in [1.82, 2.24) is 0 Å². The molecule has 0 saturated heterocycles. The average molecular weight is 210 g/mol. The minimum absolute atomic E-state index is 0.982. The Morgan fingerprint density at radius 3 is 2.38 bits per heavy atom. The van der Waals surface area contributed by atoms with E-state index in [1.807, 2.05) is 6.07 Å². The van der Waals surface area contributed by atoms with E-state index < -0.39 is 0 Å². The number of hydrogen-bond donors (Lipinski definition) is 0. The molecular formula is C10H10OS2. The van der Waals surface area contributed by atoms with E-state index in [4.69, 9.17) is 4.74 Å². The summed E-state index contributed by atoms with van der Waals surface area (Å²) in [5.74, 6) is 0.982. The zero-order valence-corrected chi connectivity index (χ0v) is 9.17. The van der Waals surface area contributed by atoms with Crippen LogP contribution >= 0.6 is 22.7 Å². The third-order valence-corrected chi connectivity index (χ3v) is 3.99. The predicted molar refractivity (Wildman–Crippen MR) is 58.9 cm³/mol. The normalized spacial score (nSPS) is 10.3. The minimum Gasteiger partial charge on any atom is -0.495 e. The predicted octanol–water partition coefficient (Wildman–Crippen LogP) is 3.79. The third-order valence-electron chi connectivity index (χ3n) is 1.92. The molecule has 0 aliphatic heterocycles. The van der Waals surface area contributed by atoms with Crippen LogP contribution in [0.15, 0.2) is 22.9 Å². The summed E-state index contributed by atoms with van der Waals surface area (Å²) in [4.78, 5) is 2.57. The quantitative estimate of drug-likeness (QED) is 0.732. The first kappa shape index (κ1) is 8.78. The zero-order chi connectivity index (χ0) is 9.26. The molecule has 3 heteroatoms. The van der Waals surface area contributed by atoms with E-state index in [0.717, 1.165) is 5.75 Å². The van der Waals surface area contributed by atoms with Crippen LogP contribution in [-0.4, -0.2) is 7.11 Å². The van der Waals surface area contributed by atoms with Gasteiger partial charge in [-0.1, -0.05) is 0 Å². The van der Waals surface area contributed by atoms with E-state index in [9.17, 15) is 0 Å². The number of aryl methyl sites for hydroxylation is 1. The monoisotopic (exact) mass is 210 g/mol. The molecule has 0 bridgehead atoms. The first-order valence-electron chi connectivity index (χ1n) is 3.99. The lowest BCUT2D eigenvalue weighted by Gasteiger charge is -2.00. The molecule has 2 rings (SSSR count). The van der Waals surface area contributed by atoms with Crippen molar-refractivity contribution in [3.8, 4) is 15.5 Å². The summed E-state index contributed by atoms with van der Waals surface area (Å²) in [6, 6.07) is 4.15. The van der Waals surface area contributed by atoms with Crippen LogP contribution in [0.2, 0.25) is 0 Å². The summed E-state index contributed by atoms with van der Waals surface area (Å²) >= 11 is 3.50. The van der Waals surface area contributed by atoms with Gasteiger partial charge in [-0.15, -0.1) is 22.7 Å². The SMILES string of the molecule is COc1ccsc1-c1sccc1C. The maximum atomic E-state index is 5.28. The van der Waals surface area contributed by atoms with Crippen LogP contribution in [-0.2, 0) is 0 Å². The van der Waals surface area contributed by atoms with Gasteiger partial charge in [0.05, 0.1) is 16.9 Å². The van der Waals surface area contributed by atoms with Gasteiger partial charge in [-0.05, 0) is 35.4 Å². The van der Waals surface area contributed by atoms with E-state index >= 15 is 0 Å². The Kier molecular flexibility index (Phi) is 2.38. The molecule has 0 atom stereocenters. The Bertz CT molecular complexity index is 400. The van der Waals surface area contributed by atoms with Gasteiger partial charge in [0.2, 0.25) is 0 Å². The second kappa shape index (κ2) is 3.52. The highest BCUT2D eigenvalue weighted by atomic mass is 32.1. The van der Waals surface area contributed by atoms with Gasteiger partial charge in [-0.3, -0.25) is 0 Å². The molecule has 68 valence electrons. The Morgan fingerprint density at radius 1 is 1.08 bits per heavy atom. The fraction of sp³-hybridized carbons (Fsp3) is 0.200. The zero-order valence-electron chi connectivity index (χ0n) is 7.53. The van der Waals surface area contributed by atoms with Crippen LogP contribution in [0.1, 0.15) is 5.56 Å². The van der Waals surface area contributed by atoms with Crippen LogP contribution in [0, 0.1) is 6.92 Å². The highest BCUT2D eigenvalue weighted by Crippen LogP contribution is 2.39. The number of methoxy groups -OCH3 is 1. The lowest BCUT2D eigenvalue weighted by atomic mass is 10.2. The van der Waals surface area contributed by atoms with Crippen molar-refractivity contribution in [2.45, 2.75) is 6.92 Å². The van der Waals surface area contributed by atoms with Gasteiger partial charge in [0.15, 0.2) is 0 Å². The number of thiophene rings is 2. The van der Waals surface area contributed by atoms with E-state index in [-0.39, 0.29) is 0 Å². The number of hydrogen-bond acceptors (Lipinski definition) is 3. The van der Waals surface area contributed by atoms with Crippen molar-refractivity contribution in [3.63, 3.8) is 0 Å². The van der Waals surface area contributed by atoms with Crippen LogP contribution in [0.25, 0.3) is 9.75 Å². The van der Waals surface area contributed by atoms with Gasteiger partial charge < -0.3 is 4.74 Å². The third kappa shape index (κ3) is 1.49. The van der Waals surface area contributed by atoms with Crippen LogP contribution < -0.4 is 4.74 Å². The summed E-state index contributed by atoms with van der Waals surface area (Å²) in [6.45, 7) is 2.13. The van der Waals surface area contributed by atoms with Crippen LogP contribution in [0.3, 0.4) is 0 Å². The van der Waals surface area contributed by atoms with Crippen molar-refractivity contribution in [3.05, 3.63) is 28.5 Å². The van der Waals surface area contributed by atoms with Gasteiger partial charge >= 0.3 is 0 Å². The van der Waals surface area contributed by atoms with E-state index in [1.54, 1.807) is 29.8 Å². The summed E-state index contributed by atoms with van der Waals surface area (Å²) in [5, 5.41) is 4.18. The molecule has 0 aliphatic rings. The minimum atomic E-state index is 0.982. The van der Waals surface area contributed by atoms with Crippen molar-refractivity contribution in [2.24, 2.45) is 0 Å². The van der Waals surface area contributed by atoms with Gasteiger partial charge in [0.1, 0.15) is 5.75 Å². The molecule has 0 unspecified atom stereocenters. The van der Waals surface area contributed by atoms with Gasteiger partial charge in [0.25, 0.3) is 0 Å². The fourth-order valence-electron chi connectivity index (χ4n) is 1.23. The van der Waals surface area contributed by atoms with Gasteiger partial charge in [0, 0.05) is 0 Å². The summed E-state index contributed by atoms with van der Waals surface area (Å²) in [5.41, 5.74) is 1.32. The summed E-state index contributed by atoms with van der Waals surface area (Å²) in [7, 11) is 1.72. The molecule has 13 heavy (non-hydrogen) atoms. The average Bonchev–Trinajstić information content (AvgIpc) is 2.71. The molecule has 2 aromatic heterocycles. The molecule has 0 N–H and O–H groups in total. The molecule has 0 saturated carbocycles. The topological polar surface area (TPSA) is 9.23 Å². The van der Waals surface area contributed by atoms with Gasteiger partial charge in [-0.25, -0.2) is 0 Å². The maximum absolute atomic E-state index is 5.28. The molecule has 2 aromatic rings. The number of ether oxygens (including phenoxy) is 1. The lowest BCUT2D eigenvalue weighted by molar-refractivity contribution is 0.418. The summed E-state index contributed by atoms with van der Waals surface area (Å²) < 4.78 is 5.28. The van der Waals surface area contributed by atoms with Crippen molar-refractivity contribution in [2.75, 3.05) is 7.11 Å². The van der Waals surface area contributed by atoms with E-state index in [1.165, 1.54) is 15.3 Å². The first-order valence-corrected chi connectivity index (χ1v) is 5.75. The molecule has 1 nitrogen and oxygen atoms in total. The Morgan fingerprint density at radius 2 is 1.77 bits per heavy atom. The highest BCUT2D eigenvalue weighted by molar-refractivity contribution is 7.20. The fourth-order valence-corrected chi connectivity index (χ4v) is 3.25. The molecule has 0 radical (unpaired) electrons. The van der Waals surface area contributed by atoms with Gasteiger partial charge in [-0.2, -0.15) is 0 Å². The first-order chi connectivity index (χ1) is 6.33. The second-order valence-corrected chi connectivity index (χ2v) is 4.58. The smallest absolute Gasteiger partial charge is 0.138 e. The molecular weight excluding hydrogens is 200 g/mol. The lowest BCUT2D eigenvalue weighted by Crippen LogP contribution is -1.81.